The van der Waals surface area contributed by atoms with Gasteiger partial charge in [0.2, 0.25) is 0 Å². The summed E-state index contributed by atoms with van der Waals surface area (Å²) in [6.45, 7) is 0. The van der Waals surface area contributed by atoms with Crippen molar-refractivity contribution < 1.29 is 0 Å². The fourth-order valence-corrected chi connectivity index (χ4v) is 3.90. The molecule has 1 atom stereocenters. The molecule has 0 aliphatic heterocycles. The van der Waals surface area contributed by atoms with Gasteiger partial charge in [-0.05, 0) is 11.4 Å². The Labute approximate surface area is 136 Å². The van der Waals surface area contributed by atoms with Crippen LogP contribution in [0.15, 0.2) is 42.5 Å². The van der Waals surface area contributed by atoms with E-state index < -0.39 is 0 Å². The van der Waals surface area contributed by atoms with Crippen molar-refractivity contribution in [1.82, 2.24) is 0 Å². The third kappa shape index (κ3) is 3.53. The standard InChI is InChI=1S/C18H26N3P/c1-19(2)15-12-13-16(22-14-10-8-7-9-11-14)18(21(5)6)17(15)20(3)4/h7-13,22H,1-6H3. The van der Waals surface area contributed by atoms with Crippen molar-refractivity contribution in [3.63, 3.8) is 0 Å². The number of benzene rings is 2. The third-order valence-corrected chi connectivity index (χ3v) is 4.85. The Morgan fingerprint density at radius 3 is 1.73 bits per heavy atom. The maximum absolute atomic E-state index is 2.27. The van der Waals surface area contributed by atoms with Gasteiger partial charge >= 0.3 is 0 Å². The fourth-order valence-electron chi connectivity index (χ4n) is 2.60. The molecule has 0 radical (unpaired) electrons. The van der Waals surface area contributed by atoms with Crippen LogP contribution in [0, 0.1) is 0 Å². The van der Waals surface area contributed by atoms with E-state index in [4.69, 9.17) is 0 Å². The summed E-state index contributed by atoms with van der Waals surface area (Å²) in [6, 6.07) is 15.2. The number of hydrogen-bond acceptors (Lipinski definition) is 3. The highest BCUT2D eigenvalue weighted by atomic mass is 31.1. The molecule has 0 aromatic heterocycles. The summed E-state index contributed by atoms with van der Waals surface area (Å²) >= 11 is 0. The van der Waals surface area contributed by atoms with Crippen LogP contribution in [0.4, 0.5) is 17.1 Å². The Balaban J connectivity index is 2.57. The average Bonchev–Trinajstić information content (AvgIpc) is 2.47. The Kier molecular flexibility index (Phi) is 5.31. The highest BCUT2D eigenvalue weighted by Gasteiger charge is 2.18. The first kappa shape index (κ1) is 16.6. The summed E-state index contributed by atoms with van der Waals surface area (Å²) in [4.78, 5) is 6.62. The molecule has 4 heteroatoms. The second-order valence-corrected chi connectivity index (χ2v) is 7.37. The van der Waals surface area contributed by atoms with Gasteiger partial charge in [0.05, 0.1) is 17.1 Å². The lowest BCUT2D eigenvalue weighted by Crippen LogP contribution is -2.25. The Morgan fingerprint density at radius 1 is 0.636 bits per heavy atom. The highest BCUT2D eigenvalue weighted by Crippen LogP contribution is 2.37. The minimum Gasteiger partial charge on any atom is -0.376 e. The summed E-state index contributed by atoms with van der Waals surface area (Å²) < 4.78 is 0. The van der Waals surface area contributed by atoms with E-state index in [1.165, 1.54) is 27.7 Å². The average molecular weight is 315 g/mol. The molecule has 118 valence electrons. The van der Waals surface area contributed by atoms with Gasteiger partial charge in [0.25, 0.3) is 0 Å². The Bertz CT molecular complexity index is 622. The van der Waals surface area contributed by atoms with Crippen LogP contribution in [-0.2, 0) is 0 Å². The topological polar surface area (TPSA) is 9.72 Å². The van der Waals surface area contributed by atoms with E-state index in [9.17, 15) is 0 Å². The van der Waals surface area contributed by atoms with Crippen LogP contribution >= 0.6 is 8.58 Å². The lowest BCUT2D eigenvalue weighted by Gasteiger charge is -2.30. The van der Waals surface area contributed by atoms with Crippen LogP contribution in [-0.4, -0.2) is 42.3 Å². The molecular formula is C18H26N3P. The van der Waals surface area contributed by atoms with E-state index >= 15 is 0 Å². The molecular weight excluding hydrogens is 289 g/mol. The largest absolute Gasteiger partial charge is 0.376 e. The van der Waals surface area contributed by atoms with Crippen molar-refractivity contribution >= 4 is 36.3 Å². The summed E-state index contributed by atoms with van der Waals surface area (Å²) in [7, 11) is 13.3. The molecule has 0 N–H and O–H groups in total. The van der Waals surface area contributed by atoms with Crippen LogP contribution in [0.3, 0.4) is 0 Å². The van der Waals surface area contributed by atoms with Gasteiger partial charge in [0.15, 0.2) is 0 Å². The van der Waals surface area contributed by atoms with Gasteiger partial charge in [-0.25, -0.2) is 0 Å². The van der Waals surface area contributed by atoms with Gasteiger partial charge in [-0.2, -0.15) is 0 Å². The minimum absolute atomic E-state index is 0.661. The molecule has 0 saturated heterocycles. The molecule has 0 fully saturated rings. The molecule has 0 saturated carbocycles. The molecule has 0 aliphatic carbocycles. The van der Waals surface area contributed by atoms with E-state index in [0.717, 1.165) is 0 Å². The monoisotopic (exact) mass is 315 g/mol. The number of rotatable bonds is 5. The van der Waals surface area contributed by atoms with E-state index in [1.54, 1.807) is 0 Å². The van der Waals surface area contributed by atoms with Crippen molar-refractivity contribution in [2.45, 2.75) is 0 Å². The van der Waals surface area contributed by atoms with Crippen molar-refractivity contribution in [3.05, 3.63) is 42.5 Å². The molecule has 0 bridgehead atoms. The van der Waals surface area contributed by atoms with Crippen molar-refractivity contribution in [2.24, 2.45) is 0 Å². The van der Waals surface area contributed by atoms with Crippen LogP contribution in [0.1, 0.15) is 0 Å². The summed E-state index contributed by atoms with van der Waals surface area (Å²) in [5, 5.41) is 2.75. The lowest BCUT2D eigenvalue weighted by atomic mass is 10.2. The van der Waals surface area contributed by atoms with E-state index in [2.05, 4.69) is 99.5 Å². The fraction of sp³-hybridized carbons (Fsp3) is 0.333. The second-order valence-electron chi connectivity index (χ2n) is 6.00. The van der Waals surface area contributed by atoms with E-state index in [0.29, 0.717) is 8.58 Å². The number of anilines is 3. The smallest absolute Gasteiger partial charge is 0.0842 e. The highest BCUT2D eigenvalue weighted by molar-refractivity contribution is 7.56. The normalized spacial score (nSPS) is 11.0. The third-order valence-electron chi connectivity index (χ3n) is 3.56. The van der Waals surface area contributed by atoms with Crippen LogP contribution in [0.5, 0.6) is 0 Å². The lowest BCUT2D eigenvalue weighted by molar-refractivity contribution is 1.05. The molecule has 0 amide bonds. The number of nitrogens with zero attached hydrogens (tertiary/aromatic N) is 3. The first-order valence-electron chi connectivity index (χ1n) is 7.43. The zero-order chi connectivity index (χ0) is 16.3. The Morgan fingerprint density at radius 2 is 1.23 bits per heavy atom. The van der Waals surface area contributed by atoms with Gasteiger partial charge in [-0.3, -0.25) is 0 Å². The van der Waals surface area contributed by atoms with Gasteiger partial charge in [-0.1, -0.05) is 45.0 Å². The van der Waals surface area contributed by atoms with Crippen molar-refractivity contribution in [1.29, 1.82) is 0 Å². The summed E-state index contributed by atoms with van der Waals surface area (Å²) in [5.41, 5.74) is 3.82. The summed E-state index contributed by atoms with van der Waals surface area (Å²) in [5.74, 6) is 0. The SMILES string of the molecule is CN(C)c1ccc(Pc2ccccc2)c(N(C)C)c1N(C)C. The van der Waals surface area contributed by atoms with Crippen LogP contribution in [0.2, 0.25) is 0 Å². The molecule has 1 unspecified atom stereocenters. The predicted molar refractivity (Wildman–Crippen MR) is 103 cm³/mol. The molecule has 2 rings (SSSR count). The van der Waals surface area contributed by atoms with Crippen LogP contribution in [0.25, 0.3) is 0 Å². The molecule has 2 aromatic carbocycles. The molecule has 0 spiro atoms. The van der Waals surface area contributed by atoms with Gasteiger partial charge < -0.3 is 14.7 Å². The molecule has 22 heavy (non-hydrogen) atoms. The van der Waals surface area contributed by atoms with E-state index in [-0.39, 0.29) is 0 Å². The van der Waals surface area contributed by atoms with Crippen LogP contribution < -0.4 is 25.3 Å². The van der Waals surface area contributed by atoms with Gasteiger partial charge in [0.1, 0.15) is 0 Å². The van der Waals surface area contributed by atoms with Gasteiger partial charge in [0, 0.05) is 47.6 Å². The first-order valence-corrected chi connectivity index (χ1v) is 8.43. The number of hydrogen-bond donors (Lipinski definition) is 0. The zero-order valence-corrected chi connectivity index (χ0v) is 15.4. The van der Waals surface area contributed by atoms with Crippen molar-refractivity contribution in [2.75, 3.05) is 57.0 Å². The zero-order valence-electron chi connectivity index (χ0n) is 14.4. The van der Waals surface area contributed by atoms with E-state index in [1.807, 2.05) is 0 Å². The first-order chi connectivity index (χ1) is 10.4. The second kappa shape index (κ2) is 7.02. The molecule has 3 nitrogen and oxygen atoms in total. The maximum Gasteiger partial charge on any atom is 0.0842 e. The van der Waals surface area contributed by atoms with Gasteiger partial charge in [-0.15, -0.1) is 0 Å². The minimum atomic E-state index is 0.661. The Hall–Kier alpha value is -1.73. The summed E-state index contributed by atoms with van der Waals surface area (Å²) in [6.07, 6.45) is 0. The molecule has 0 heterocycles. The molecule has 0 aliphatic rings. The predicted octanol–water partition coefficient (Wildman–Crippen LogP) is 2.51. The maximum atomic E-state index is 2.27. The molecule has 2 aromatic rings. The van der Waals surface area contributed by atoms with Crippen molar-refractivity contribution in [3.8, 4) is 0 Å². The quantitative estimate of drug-likeness (QED) is 0.785.